The maximum Gasteiger partial charge on any atom is 0.258 e. The van der Waals surface area contributed by atoms with Crippen molar-refractivity contribution < 1.29 is 9.53 Å². The number of benzene rings is 1. The number of nitrogens with zero attached hydrogens (tertiary/aromatic N) is 3. The highest BCUT2D eigenvalue weighted by molar-refractivity contribution is 5.97. The van der Waals surface area contributed by atoms with Crippen molar-refractivity contribution in [2.75, 3.05) is 11.9 Å². The first-order valence-electron chi connectivity index (χ1n) is 8.95. The highest BCUT2D eigenvalue weighted by Crippen LogP contribution is 2.27. The molecule has 0 fully saturated rings. The predicted molar refractivity (Wildman–Crippen MR) is 109 cm³/mol. The molecule has 3 heterocycles. The molecule has 4 rings (SSSR count). The molecule has 1 atom stereocenters. The monoisotopic (exact) mass is 376 g/mol. The van der Waals surface area contributed by atoms with E-state index in [0.29, 0.717) is 11.3 Å². The molecule has 7 nitrogen and oxygen atoms in total. The van der Waals surface area contributed by atoms with Gasteiger partial charge in [-0.1, -0.05) is 6.07 Å². The highest BCUT2D eigenvalue weighted by Gasteiger charge is 2.21. The second-order valence-electron chi connectivity index (χ2n) is 6.93. The highest BCUT2D eigenvalue weighted by atomic mass is 16.5. The normalized spacial score (nSPS) is 15.6. The molecular formula is C21H20N4O3. The second-order valence-corrected chi connectivity index (χ2v) is 6.93. The topological polar surface area (TPSA) is 85.6 Å². The maximum absolute atomic E-state index is 13.0. The third kappa shape index (κ3) is 3.15. The molecule has 1 aliphatic rings. The summed E-state index contributed by atoms with van der Waals surface area (Å²) in [5.74, 6) is -0.241. The van der Waals surface area contributed by atoms with Crippen LogP contribution in [0.25, 0.3) is 22.0 Å². The molecule has 0 radical (unpaired) electrons. The van der Waals surface area contributed by atoms with E-state index in [1.807, 2.05) is 44.2 Å². The number of rotatable bonds is 3. The Balaban J connectivity index is 1.77. The first-order chi connectivity index (χ1) is 13.4. The number of ether oxygens (including phenoxy) is 1. The number of carbonyl (C=O) groups excluding carboxylic acids is 1. The van der Waals surface area contributed by atoms with E-state index in [0.717, 1.165) is 27.7 Å². The van der Waals surface area contributed by atoms with E-state index >= 15 is 0 Å². The summed E-state index contributed by atoms with van der Waals surface area (Å²) < 4.78 is 6.64. The molecular weight excluding hydrogens is 356 g/mol. The van der Waals surface area contributed by atoms with Gasteiger partial charge in [-0.25, -0.2) is 4.99 Å². The number of anilines is 1. The van der Waals surface area contributed by atoms with Crippen LogP contribution < -0.4 is 10.9 Å². The van der Waals surface area contributed by atoms with E-state index in [-0.39, 0.29) is 18.1 Å². The van der Waals surface area contributed by atoms with Crippen molar-refractivity contribution in [1.29, 1.82) is 0 Å². The summed E-state index contributed by atoms with van der Waals surface area (Å²) in [6.45, 7) is 4.07. The van der Waals surface area contributed by atoms with Crippen LogP contribution >= 0.6 is 0 Å². The minimum absolute atomic E-state index is 0.0986. The zero-order chi connectivity index (χ0) is 19.8. The standard InChI is InChI=1S/C21H20N4O3/c1-12-4-5-15(24-20(26)18-10-28-11-23-18)8-16(12)17-7-14-9-22-13(2)6-19(14)25(3)21(17)27/h4-9,11,18H,10H2,1-3H3,(H,24,26). The molecule has 1 N–H and O–H groups in total. The van der Waals surface area contributed by atoms with Crippen molar-refractivity contribution in [2.24, 2.45) is 12.0 Å². The van der Waals surface area contributed by atoms with Crippen molar-refractivity contribution >= 4 is 28.9 Å². The summed E-state index contributed by atoms with van der Waals surface area (Å²) >= 11 is 0. The second kappa shape index (κ2) is 6.92. The number of aryl methyl sites for hydroxylation is 3. The number of amides is 1. The zero-order valence-electron chi connectivity index (χ0n) is 15.9. The van der Waals surface area contributed by atoms with Gasteiger partial charge in [-0.05, 0) is 49.2 Å². The van der Waals surface area contributed by atoms with Crippen molar-refractivity contribution in [3.63, 3.8) is 0 Å². The maximum atomic E-state index is 13.0. The van der Waals surface area contributed by atoms with Gasteiger partial charge in [0.15, 0.2) is 12.4 Å². The average Bonchev–Trinajstić information content (AvgIpc) is 3.22. The number of aromatic nitrogens is 2. The third-order valence-corrected chi connectivity index (χ3v) is 4.91. The largest absolute Gasteiger partial charge is 0.481 e. The SMILES string of the molecule is Cc1cc2c(cn1)cc(-c1cc(NC(=O)C3COC=N3)ccc1C)c(=O)n2C. The summed E-state index contributed by atoms with van der Waals surface area (Å²) in [6.07, 6.45) is 3.06. The van der Waals surface area contributed by atoms with Gasteiger partial charge in [0.25, 0.3) is 11.5 Å². The van der Waals surface area contributed by atoms with Crippen molar-refractivity contribution in [3.8, 4) is 11.1 Å². The predicted octanol–water partition coefficient (Wildman–Crippen LogP) is 2.58. The Bertz CT molecular complexity index is 1180. The molecule has 3 aromatic rings. The fourth-order valence-corrected chi connectivity index (χ4v) is 3.31. The molecule has 142 valence electrons. The molecule has 7 heteroatoms. The molecule has 2 aromatic heterocycles. The number of aliphatic imine (C=N–C) groups is 1. The van der Waals surface area contributed by atoms with E-state index in [9.17, 15) is 9.59 Å². The Morgan fingerprint density at radius 1 is 1.21 bits per heavy atom. The molecule has 0 bridgehead atoms. The van der Waals surface area contributed by atoms with E-state index in [2.05, 4.69) is 15.3 Å². The Labute approximate surface area is 161 Å². The third-order valence-electron chi connectivity index (χ3n) is 4.91. The Hall–Kier alpha value is -3.48. The summed E-state index contributed by atoms with van der Waals surface area (Å²) in [5.41, 5.74) is 4.48. The van der Waals surface area contributed by atoms with Crippen LogP contribution in [0.1, 0.15) is 11.3 Å². The van der Waals surface area contributed by atoms with Crippen LogP contribution in [-0.2, 0) is 16.6 Å². The molecule has 1 aromatic carbocycles. The molecule has 1 unspecified atom stereocenters. The van der Waals surface area contributed by atoms with Gasteiger partial charge >= 0.3 is 0 Å². The fraction of sp³-hybridized carbons (Fsp3) is 0.238. The number of nitrogens with one attached hydrogen (secondary N) is 1. The average molecular weight is 376 g/mol. The molecule has 1 amide bonds. The van der Waals surface area contributed by atoms with Crippen LogP contribution in [0, 0.1) is 13.8 Å². The Kier molecular flexibility index (Phi) is 4.43. The van der Waals surface area contributed by atoms with E-state index in [1.165, 1.54) is 6.40 Å². The summed E-state index contributed by atoms with van der Waals surface area (Å²) in [4.78, 5) is 33.6. The van der Waals surface area contributed by atoms with Crippen LogP contribution in [0.3, 0.4) is 0 Å². The number of carbonyl (C=O) groups is 1. The van der Waals surface area contributed by atoms with Crippen LogP contribution in [0.2, 0.25) is 0 Å². The number of hydrogen-bond donors (Lipinski definition) is 1. The Morgan fingerprint density at radius 2 is 2.04 bits per heavy atom. The van der Waals surface area contributed by atoms with E-state index < -0.39 is 6.04 Å². The van der Waals surface area contributed by atoms with Gasteiger partial charge in [0.2, 0.25) is 0 Å². The fourth-order valence-electron chi connectivity index (χ4n) is 3.31. The van der Waals surface area contributed by atoms with Crippen LogP contribution in [0.15, 0.2) is 46.3 Å². The van der Waals surface area contributed by atoms with Gasteiger partial charge < -0.3 is 14.6 Å². The van der Waals surface area contributed by atoms with Crippen LogP contribution in [-0.4, -0.2) is 34.5 Å². The zero-order valence-corrected chi connectivity index (χ0v) is 15.9. The number of hydrogen-bond acceptors (Lipinski definition) is 5. The molecule has 0 spiro atoms. The molecule has 1 aliphatic heterocycles. The van der Waals surface area contributed by atoms with Crippen molar-refractivity contribution in [2.45, 2.75) is 19.9 Å². The van der Waals surface area contributed by atoms with Gasteiger partial charge in [0, 0.05) is 35.6 Å². The lowest BCUT2D eigenvalue weighted by Crippen LogP contribution is -2.27. The molecule has 0 saturated carbocycles. The summed E-state index contributed by atoms with van der Waals surface area (Å²) in [5, 5.41) is 3.73. The van der Waals surface area contributed by atoms with Gasteiger partial charge in [-0.3, -0.25) is 14.6 Å². The molecule has 0 saturated heterocycles. The van der Waals surface area contributed by atoms with E-state index in [4.69, 9.17) is 4.74 Å². The number of fused-ring (bicyclic) bond motifs is 1. The lowest BCUT2D eigenvalue weighted by Gasteiger charge is -2.14. The minimum Gasteiger partial charge on any atom is -0.481 e. The summed E-state index contributed by atoms with van der Waals surface area (Å²) in [6, 6.07) is 8.72. The van der Waals surface area contributed by atoms with Gasteiger partial charge in [-0.15, -0.1) is 0 Å². The first kappa shape index (κ1) is 17.9. The van der Waals surface area contributed by atoms with Gasteiger partial charge in [0.05, 0.1) is 5.52 Å². The minimum atomic E-state index is -0.549. The van der Waals surface area contributed by atoms with Crippen molar-refractivity contribution in [3.05, 3.63) is 58.1 Å². The smallest absolute Gasteiger partial charge is 0.258 e. The van der Waals surface area contributed by atoms with E-state index in [1.54, 1.807) is 17.8 Å². The molecule has 0 aliphatic carbocycles. The van der Waals surface area contributed by atoms with Crippen LogP contribution in [0.5, 0.6) is 0 Å². The van der Waals surface area contributed by atoms with Crippen molar-refractivity contribution in [1.82, 2.24) is 9.55 Å². The lowest BCUT2D eigenvalue weighted by molar-refractivity contribution is -0.117. The van der Waals surface area contributed by atoms with Gasteiger partial charge in [-0.2, -0.15) is 0 Å². The van der Waals surface area contributed by atoms with Gasteiger partial charge in [0.1, 0.15) is 6.61 Å². The summed E-state index contributed by atoms with van der Waals surface area (Å²) in [7, 11) is 1.76. The quantitative estimate of drug-likeness (QED) is 0.761. The van der Waals surface area contributed by atoms with Crippen LogP contribution in [0.4, 0.5) is 5.69 Å². The number of pyridine rings is 2. The lowest BCUT2D eigenvalue weighted by atomic mass is 9.99. The Morgan fingerprint density at radius 3 is 2.79 bits per heavy atom. The molecule has 28 heavy (non-hydrogen) atoms. The first-order valence-corrected chi connectivity index (χ1v) is 8.95.